The molecule has 1 aliphatic heterocycles. The van der Waals surface area contributed by atoms with E-state index < -0.39 is 17.8 Å². The topological polar surface area (TPSA) is 68.5 Å². The number of carbonyl (C=O) groups excluding carboxylic acids is 2. The molecular formula is C21H21NO4S. The maximum absolute atomic E-state index is 13.2. The molecule has 0 spiro atoms. The summed E-state index contributed by atoms with van der Waals surface area (Å²) in [6.07, 6.45) is 2.54. The van der Waals surface area contributed by atoms with Crippen LogP contribution in [0.1, 0.15) is 41.6 Å². The minimum atomic E-state index is -0.476. The first-order valence-corrected chi connectivity index (χ1v) is 9.77. The normalized spacial score (nSPS) is 24.9. The number of thiophene rings is 1. The fourth-order valence-corrected chi connectivity index (χ4v) is 4.86. The van der Waals surface area contributed by atoms with E-state index in [2.05, 4.69) is 17.5 Å². The van der Waals surface area contributed by atoms with E-state index in [1.54, 1.807) is 11.3 Å². The molecule has 3 heterocycles. The molecule has 2 aromatic rings. The standard InChI is InChI=1S/C21H21NO4S/c1-11-6-7-16(26-11)20-18(21(24)25-3)12(2)22-14-9-13(10-15(23)19(14)20)17-5-4-8-27-17/h4-9,13,19-20,22H,10H2,1-3H3. The van der Waals surface area contributed by atoms with Gasteiger partial charge in [-0.1, -0.05) is 12.1 Å². The molecule has 0 fully saturated rings. The molecule has 0 bridgehead atoms. The highest BCUT2D eigenvalue weighted by Gasteiger charge is 2.46. The molecule has 6 heteroatoms. The molecule has 5 nitrogen and oxygen atoms in total. The van der Waals surface area contributed by atoms with Gasteiger partial charge in [-0.05, 0) is 37.4 Å². The molecule has 0 aromatic carbocycles. The minimum absolute atomic E-state index is 0.0581. The fourth-order valence-electron chi connectivity index (χ4n) is 4.07. The van der Waals surface area contributed by atoms with Crippen LogP contribution in [0.2, 0.25) is 0 Å². The van der Waals surface area contributed by atoms with Crippen LogP contribution in [0.4, 0.5) is 0 Å². The number of Topliss-reactive ketones (excluding diaryl/α,β-unsaturated/α-hetero) is 1. The summed E-state index contributed by atoms with van der Waals surface area (Å²) >= 11 is 1.65. The number of aryl methyl sites for hydroxylation is 1. The lowest BCUT2D eigenvalue weighted by molar-refractivity contribution is -0.137. The molecule has 1 aliphatic carbocycles. The maximum Gasteiger partial charge on any atom is 0.336 e. The first-order chi connectivity index (χ1) is 13.0. The Morgan fingerprint density at radius 1 is 1.26 bits per heavy atom. The lowest BCUT2D eigenvalue weighted by atomic mass is 9.71. The van der Waals surface area contributed by atoms with Gasteiger partial charge >= 0.3 is 5.97 Å². The second-order valence-electron chi connectivity index (χ2n) is 6.97. The first kappa shape index (κ1) is 17.8. The predicted molar refractivity (Wildman–Crippen MR) is 102 cm³/mol. The molecule has 2 aliphatic rings. The summed E-state index contributed by atoms with van der Waals surface area (Å²) in [7, 11) is 1.36. The van der Waals surface area contributed by atoms with Crippen LogP contribution in [0.3, 0.4) is 0 Å². The number of esters is 1. The Labute approximate surface area is 161 Å². The van der Waals surface area contributed by atoms with E-state index in [0.717, 1.165) is 11.5 Å². The van der Waals surface area contributed by atoms with E-state index in [4.69, 9.17) is 9.15 Å². The second-order valence-corrected chi connectivity index (χ2v) is 7.95. The molecular weight excluding hydrogens is 362 g/mol. The van der Waals surface area contributed by atoms with Crippen molar-refractivity contribution in [3.8, 4) is 0 Å². The maximum atomic E-state index is 13.2. The van der Waals surface area contributed by atoms with Crippen molar-refractivity contribution in [1.82, 2.24) is 5.32 Å². The molecule has 2 aromatic heterocycles. The number of ether oxygens (including phenoxy) is 1. The SMILES string of the molecule is COC(=O)C1=C(C)NC2=CC(c3cccs3)CC(=O)C2C1c1ccc(C)o1. The summed E-state index contributed by atoms with van der Waals surface area (Å²) in [5.41, 5.74) is 1.99. The molecule has 0 saturated heterocycles. The molecule has 0 amide bonds. The molecule has 0 saturated carbocycles. The van der Waals surface area contributed by atoms with Crippen LogP contribution in [0.5, 0.6) is 0 Å². The van der Waals surface area contributed by atoms with E-state index in [-0.39, 0.29) is 11.7 Å². The molecule has 1 N–H and O–H groups in total. The number of methoxy groups -OCH3 is 1. The number of hydrogen-bond acceptors (Lipinski definition) is 6. The van der Waals surface area contributed by atoms with Gasteiger partial charge in [-0.25, -0.2) is 4.79 Å². The Bertz CT molecular complexity index is 951. The second kappa shape index (κ2) is 6.85. The van der Waals surface area contributed by atoms with Crippen LogP contribution < -0.4 is 5.32 Å². The van der Waals surface area contributed by atoms with Crippen LogP contribution in [0, 0.1) is 12.8 Å². The zero-order chi connectivity index (χ0) is 19.1. The number of allylic oxidation sites excluding steroid dienone is 3. The lowest BCUT2D eigenvalue weighted by Crippen LogP contribution is -2.41. The van der Waals surface area contributed by atoms with Gasteiger partial charge in [0, 0.05) is 28.6 Å². The van der Waals surface area contributed by atoms with Crippen LogP contribution >= 0.6 is 11.3 Å². The summed E-state index contributed by atoms with van der Waals surface area (Å²) in [6.45, 7) is 3.69. The van der Waals surface area contributed by atoms with Gasteiger partial charge in [0.2, 0.25) is 0 Å². The van der Waals surface area contributed by atoms with Gasteiger partial charge in [-0.3, -0.25) is 4.79 Å². The van der Waals surface area contributed by atoms with Crippen LogP contribution in [-0.4, -0.2) is 18.9 Å². The highest BCUT2D eigenvalue weighted by molar-refractivity contribution is 7.10. The van der Waals surface area contributed by atoms with Crippen molar-refractivity contribution in [3.63, 3.8) is 0 Å². The molecule has 140 valence electrons. The highest BCUT2D eigenvalue weighted by Crippen LogP contribution is 2.46. The van der Waals surface area contributed by atoms with Crippen molar-refractivity contribution in [2.45, 2.75) is 32.1 Å². The average Bonchev–Trinajstić information content (AvgIpc) is 3.31. The predicted octanol–water partition coefficient (Wildman–Crippen LogP) is 4.04. The van der Waals surface area contributed by atoms with Gasteiger partial charge in [0.15, 0.2) is 0 Å². The minimum Gasteiger partial charge on any atom is -0.466 e. The lowest BCUT2D eigenvalue weighted by Gasteiger charge is -2.38. The van der Waals surface area contributed by atoms with Crippen molar-refractivity contribution in [2.24, 2.45) is 5.92 Å². The van der Waals surface area contributed by atoms with Crippen molar-refractivity contribution < 1.29 is 18.7 Å². The Hall–Kier alpha value is -2.60. The summed E-state index contributed by atoms with van der Waals surface area (Å²) in [4.78, 5) is 26.9. The molecule has 3 atom stereocenters. The van der Waals surface area contributed by atoms with Crippen LogP contribution in [0.15, 0.2) is 57.1 Å². The number of nitrogens with one attached hydrogen (secondary N) is 1. The number of hydrogen-bond donors (Lipinski definition) is 1. The van der Waals surface area contributed by atoms with Gasteiger partial charge in [-0.2, -0.15) is 0 Å². The van der Waals surface area contributed by atoms with Gasteiger partial charge in [0.25, 0.3) is 0 Å². The first-order valence-electron chi connectivity index (χ1n) is 8.90. The zero-order valence-corrected chi connectivity index (χ0v) is 16.3. The number of furan rings is 1. The van der Waals surface area contributed by atoms with Gasteiger partial charge < -0.3 is 14.5 Å². The Morgan fingerprint density at radius 3 is 2.70 bits per heavy atom. The van der Waals surface area contributed by atoms with E-state index in [1.807, 2.05) is 37.4 Å². The smallest absolute Gasteiger partial charge is 0.336 e. The van der Waals surface area contributed by atoms with Gasteiger partial charge in [0.05, 0.1) is 24.5 Å². The van der Waals surface area contributed by atoms with Crippen molar-refractivity contribution in [1.29, 1.82) is 0 Å². The van der Waals surface area contributed by atoms with Crippen molar-refractivity contribution in [2.75, 3.05) is 7.11 Å². The summed E-state index contributed by atoms with van der Waals surface area (Å²) < 4.78 is 10.9. The van der Waals surface area contributed by atoms with Crippen molar-refractivity contribution >= 4 is 23.1 Å². The summed E-state index contributed by atoms with van der Waals surface area (Å²) in [5, 5.41) is 5.32. The van der Waals surface area contributed by atoms with E-state index in [9.17, 15) is 9.59 Å². The van der Waals surface area contributed by atoms with E-state index in [1.165, 1.54) is 12.0 Å². The monoisotopic (exact) mass is 383 g/mol. The number of carbonyl (C=O) groups is 2. The summed E-state index contributed by atoms with van der Waals surface area (Å²) in [5.74, 6) is 0.142. The number of rotatable bonds is 3. The van der Waals surface area contributed by atoms with E-state index in [0.29, 0.717) is 23.5 Å². The molecule has 3 unspecified atom stereocenters. The largest absolute Gasteiger partial charge is 0.466 e. The third kappa shape index (κ3) is 3.04. The van der Waals surface area contributed by atoms with Crippen molar-refractivity contribution in [3.05, 3.63) is 69.1 Å². The highest BCUT2D eigenvalue weighted by atomic mass is 32.1. The Balaban J connectivity index is 1.84. The number of fused-ring (bicyclic) bond motifs is 1. The van der Waals surface area contributed by atoms with Crippen LogP contribution in [-0.2, 0) is 14.3 Å². The third-order valence-electron chi connectivity index (χ3n) is 5.25. The Kier molecular flexibility index (Phi) is 4.52. The van der Waals surface area contributed by atoms with E-state index >= 15 is 0 Å². The van der Waals surface area contributed by atoms with Crippen LogP contribution in [0.25, 0.3) is 0 Å². The summed E-state index contributed by atoms with van der Waals surface area (Å²) in [6, 6.07) is 7.75. The molecule has 27 heavy (non-hydrogen) atoms. The average molecular weight is 383 g/mol. The Morgan fingerprint density at radius 2 is 2.07 bits per heavy atom. The number of ketones is 1. The quantitative estimate of drug-likeness (QED) is 0.810. The van der Waals surface area contributed by atoms with Gasteiger partial charge in [-0.15, -0.1) is 11.3 Å². The molecule has 0 radical (unpaired) electrons. The fraction of sp³-hybridized carbons (Fsp3) is 0.333. The zero-order valence-electron chi connectivity index (χ0n) is 15.4. The van der Waals surface area contributed by atoms with Gasteiger partial charge in [0.1, 0.15) is 17.3 Å². The molecule has 4 rings (SSSR count). The third-order valence-corrected chi connectivity index (χ3v) is 6.25.